The molecule has 4 bridgehead atoms. The Hall–Kier alpha value is -1.10. The Morgan fingerprint density at radius 1 is 1.27 bits per heavy atom. The van der Waals surface area contributed by atoms with Gasteiger partial charge >= 0.3 is 0 Å². The maximum absolute atomic E-state index is 10.2. The number of hydrogen-bond acceptors (Lipinski definition) is 4. The van der Waals surface area contributed by atoms with Crippen LogP contribution in [0, 0.1) is 5.92 Å². The zero-order chi connectivity index (χ0) is 17.6. The fourth-order valence-corrected chi connectivity index (χ4v) is 6.99. The van der Waals surface area contributed by atoms with E-state index in [2.05, 4.69) is 23.1 Å². The van der Waals surface area contributed by atoms with E-state index in [9.17, 15) is 5.11 Å². The van der Waals surface area contributed by atoms with Crippen molar-refractivity contribution in [2.45, 2.75) is 67.6 Å². The van der Waals surface area contributed by atoms with Crippen LogP contribution in [0.15, 0.2) is 18.2 Å². The van der Waals surface area contributed by atoms with Crippen molar-refractivity contribution in [3.8, 4) is 5.75 Å². The lowest BCUT2D eigenvalue weighted by Gasteiger charge is -2.60. The lowest BCUT2D eigenvalue weighted by Crippen LogP contribution is -2.69. The molecule has 1 aromatic carbocycles. The molecule has 4 fully saturated rings. The summed E-state index contributed by atoms with van der Waals surface area (Å²) in [6.07, 6.45) is 8.11. The molecule has 0 radical (unpaired) electrons. The average molecular weight is 355 g/mol. The Kier molecular flexibility index (Phi) is 3.08. The first-order valence-electron chi connectivity index (χ1n) is 10.4. The zero-order valence-corrected chi connectivity index (χ0v) is 15.7. The van der Waals surface area contributed by atoms with Crippen LogP contribution in [0.3, 0.4) is 0 Å². The fourth-order valence-electron chi connectivity index (χ4n) is 6.99. The average Bonchev–Trinajstić information content (AvgIpc) is 3.33. The summed E-state index contributed by atoms with van der Waals surface area (Å²) in [5.41, 5.74) is 2.56. The van der Waals surface area contributed by atoms with E-state index in [4.69, 9.17) is 9.47 Å². The molecule has 26 heavy (non-hydrogen) atoms. The van der Waals surface area contributed by atoms with Gasteiger partial charge in [0.1, 0.15) is 5.75 Å². The molecule has 140 valence electrons. The van der Waals surface area contributed by atoms with E-state index in [-0.39, 0.29) is 23.2 Å². The number of rotatable bonds is 4. The molecule has 0 aromatic heterocycles. The minimum absolute atomic E-state index is 0.0564. The quantitative estimate of drug-likeness (QED) is 0.902. The molecule has 4 nitrogen and oxygen atoms in total. The molecule has 0 amide bonds. The van der Waals surface area contributed by atoms with E-state index in [1.54, 1.807) is 7.11 Å². The molecule has 6 rings (SSSR count). The summed E-state index contributed by atoms with van der Waals surface area (Å²) < 4.78 is 12.5. The van der Waals surface area contributed by atoms with Crippen LogP contribution in [0.2, 0.25) is 0 Å². The molecule has 3 aliphatic heterocycles. The number of benzene rings is 1. The van der Waals surface area contributed by atoms with Gasteiger partial charge in [0.2, 0.25) is 0 Å². The smallest absolute Gasteiger partial charge is 0.119 e. The van der Waals surface area contributed by atoms with E-state index < -0.39 is 0 Å². The summed E-state index contributed by atoms with van der Waals surface area (Å²) in [4.78, 5) is 2.75. The molecule has 3 heterocycles. The molecular formula is C22H29NO3. The maximum atomic E-state index is 10.2. The molecule has 4 atom stereocenters. The van der Waals surface area contributed by atoms with Gasteiger partial charge in [0, 0.05) is 18.0 Å². The first-order chi connectivity index (χ1) is 12.6. The molecule has 5 aliphatic rings. The Bertz CT molecular complexity index is 762. The molecule has 1 saturated carbocycles. The van der Waals surface area contributed by atoms with Crippen LogP contribution in [0.25, 0.3) is 0 Å². The predicted octanol–water partition coefficient (Wildman–Crippen LogP) is 2.66. The number of methoxy groups -OCH3 is 1. The highest BCUT2D eigenvalue weighted by Gasteiger charge is 2.75. The summed E-state index contributed by atoms with van der Waals surface area (Å²) in [5.74, 6) is 1.86. The van der Waals surface area contributed by atoms with E-state index in [1.165, 1.54) is 37.1 Å². The van der Waals surface area contributed by atoms with Gasteiger partial charge in [-0.25, -0.2) is 0 Å². The van der Waals surface area contributed by atoms with Gasteiger partial charge in [-0.05, 0) is 80.7 Å². The molecule has 4 heteroatoms. The van der Waals surface area contributed by atoms with Gasteiger partial charge in [0.15, 0.2) is 0 Å². The van der Waals surface area contributed by atoms with Crippen LogP contribution >= 0.6 is 0 Å². The van der Waals surface area contributed by atoms with Crippen LogP contribution in [0.1, 0.15) is 49.7 Å². The van der Waals surface area contributed by atoms with Gasteiger partial charge in [-0.2, -0.15) is 0 Å². The normalized spacial score (nSPS) is 43.2. The highest BCUT2D eigenvalue weighted by Crippen LogP contribution is 2.69. The molecule has 2 aliphatic carbocycles. The Morgan fingerprint density at radius 3 is 2.92 bits per heavy atom. The van der Waals surface area contributed by atoms with Crippen molar-refractivity contribution in [1.29, 1.82) is 0 Å². The number of ether oxygens (including phenoxy) is 2. The predicted molar refractivity (Wildman–Crippen MR) is 98.6 cm³/mol. The number of hydrogen-bond donors (Lipinski definition) is 1. The summed E-state index contributed by atoms with van der Waals surface area (Å²) in [6.45, 7) is 2.57. The van der Waals surface area contributed by atoms with Gasteiger partial charge in [0.05, 0.1) is 24.9 Å². The Balaban J connectivity index is 1.52. The number of aliphatic hydroxyl groups is 1. The first kappa shape index (κ1) is 15.9. The molecule has 1 aromatic rings. The molecule has 3 saturated heterocycles. The molecule has 1 N–H and O–H groups in total. The number of aliphatic hydroxyl groups excluding tert-OH is 1. The second-order valence-corrected chi connectivity index (χ2v) is 9.52. The van der Waals surface area contributed by atoms with Gasteiger partial charge < -0.3 is 14.6 Å². The standard InChI is InChI=1S/C22H29NO3/c1-25-17-5-4-16-10-19-22-7-6-20(14-24,26-22)13-21(22,18(16)11-17)8-9-23(19)12-15-2-3-15/h4-5,11,15,19,24H,2-3,6-10,12-14H2,1H3/t19-,20?,21-,22-/m1/s1. The van der Waals surface area contributed by atoms with E-state index in [0.29, 0.717) is 6.04 Å². The van der Waals surface area contributed by atoms with Crippen molar-refractivity contribution in [2.24, 2.45) is 5.92 Å². The Morgan fingerprint density at radius 2 is 2.15 bits per heavy atom. The van der Waals surface area contributed by atoms with Crippen LogP contribution < -0.4 is 4.74 Å². The number of fused-ring (bicyclic) bond motifs is 2. The third kappa shape index (κ3) is 1.81. The maximum Gasteiger partial charge on any atom is 0.119 e. The van der Waals surface area contributed by atoms with Crippen molar-refractivity contribution in [3.63, 3.8) is 0 Å². The first-order valence-corrected chi connectivity index (χ1v) is 10.4. The van der Waals surface area contributed by atoms with Gasteiger partial charge in [-0.3, -0.25) is 4.90 Å². The number of piperidine rings is 1. The van der Waals surface area contributed by atoms with Crippen LogP contribution in [-0.4, -0.2) is 54.1 Å². The summed E-state index contributed by atoms with van der Waals surface area (Å²) in [6, 6.07) is 7.14. The number of likely N-dealkylation sites (tertiary alicyclic amines) is 1. The summed E-state index contributed by atoms with van der Waals surface area (Å²) in [7, 11) is 1.76. The topological polar surface area (TPSA) is 41.9 Å². The molecule has 1 spiro atoms. The Labute approximate surface area is 155 Å². The highest BCUT2D eigenvalue weighted by molar-refractivity contribution is 5.51. The fraction of sp³-hybridized carbons (Fsp3) is 0.727. The van der Waals surface area contributed by atoms with Crippen molar-refractivity contribution in [2.75, 3.05) is 26.8 Å². The third-order valence-corrected chi connectivity index (χ3v) is 8.31. The van der Waals surface area contributed by atoms with Crippen molar-refractivity contribution in [3.05, 3.63) is 29.3 Å². The monoisotopic (exact) mass is 355 g/mol. The molecular weight excluding hydrogens is 326 g/mol. The van der Waals surface area contributed by atoms with Crippen LogP contribution in [0.4, 0.5) is 0 Å². The third-order valence-electron chi connectivity index (χ3n) is 8.31. The lowest BCUT2D eigenvalue weighted by atomic mass is 9.50. The minimum atomic E-state index is -0.321. The summed E-state index contributed by atoms with van der Waals surface area (Å²) in [5, 5.41) is 10.2. The zero-order valence-electron chi connectivity index (χ0n) is 15.7. The SMILES string of the molecule is COc1ccc2c(c1)[C@]13CCN(CC4CC4)[C@H](C2)[C@]12CCC(CO)(C3)O2. The van der Waals surface area contributed by atoms with Crippen molar-refractivity contribution < 1.29 is 14.6 Å². The highest BCUT2D eigenvalue weighted by atomic mass is 16.6. The second-order valence-electron chi connectivity index (χ2n) is 9.52. The van der Waals surface area contributed by atoms with Gasteiger partial charge in [-0.15, -0.1) is 0 Å². The second kappa shape index (κ2) is 5.03. The van der Waals surface area contributed by atoms with E-state index in [1.807, 2.05) is 0 Å². The van der Waals surface area contributed by atoms with Crippen molar-refractivity contribution in [1.82, 2.24) is 4.90 Å². The number of nitrogens with zero attached hydrogens (tertiary/aromatic N) is 1. The van der Waals surface area contributed by atoms with Crippen LogP contribution in [-0.2, 0) is 16.6 Å². The lowest BCUT2D eigenvalue weighted by molar-refractivity contribution is -0.146. The van der Waals surface area contributed by atoms with E-state index >= 15 is 0 Å². The largest absolute Gasteiger partial charge is 0.497 e. The van der Waals surface area contributed by atoms with E-state index in [0.717, 1.165) is 43.8 Å². The van der Waals surface area contributed by atoms with Gasteiger partial charge in [-0.1, -0.05) is 6.07 Å². The molecule has 1 unspecified atom stereocenters. The summed E-state index contributed by atoms with van der Waals surface area (Å²) >= 11 is 0. The minimum Gasteiger partial charge on any atom is -0.497 e. The van der Waals surface area contributed by atoms with Crippen LogP contribution in [0.5, 0.6) is 5.75 Å². The van der Waals surface area contributed by atoms with Gasteiger partial charge in [0.25, 0.3) is 0 Å². The van der Waals surface area contributed by atoms with Crippen molar-refractivity contribution >= 4 is 0 Å².